The predicted molar refractivity (Wildman–Crippen MR) is 119 cm³/mol. The van der Waals surface area contributed by atoms with Crippen LogP contribution in [0.25, 0.3) is 10.2 Å². The van der Waals surface area contributed by atoms with Crippen molar-refractivity contribution in [3.05, 3.63) is 41.7 Å². The Morgan fingerprint density at radius 3 is 2.61 bits per heavy atom. The van der Waals surface area contributed by atoms with E-state index in [4.69, 9.17) is 4.98 Å². The maximum atomic E-state index is 13.2. The van der Waals surface area contributed by atoms with Crippen molar-refractivity contribution in [3.63, 3.8) is 0 Å². The van der Waals surface area contributed by atoms with Crippen molar-refractivity contribution in [1.29, 1.82) is 0 Å². The quantitative estimate of drug-likeness (QED) is 0.567. The second kappa shape index (κ2) is 9.49. The van der Waals surface area contributed by atoms with Gasteiger partial charge in [-0.05, 0) is 71.6 Å². The number of benzene rings is 1. The van der Waals surface area contributed by atoms with Gasteiger partial charge in [0.2, 0.25) is 0 Å². The number of rotatable bonds is 7. The number of carbonyl (C=O) groups excluding carboxylic acids is 1. The van der Waals surface area contributed by atoms with E-state index in [-0.39, 0.29) is 24.4 Å². The van der Waals surface area contributed by atoms with Crippen molar-refractivity contribution in [1.82, 2.24) is 19.7 Å². The number of nitrogens with zero attached hydrogens (tertiary/aromatic N) is 5. The third kappa shape index (κ3) is 5.10. The number of aromatic nitrogens is 3. The number of amides is 1. The average molecular weight is 422 g/mol. The third-order valence-electron chi connectivity index (χ3n) is 4.35. The Morgan fingerprint density at radius 2 is 1.96 bits per heavy atom. The van der Waals surface area contributed by atoms with Crippen LogP contribution < -0.4 is 4.90 Å². The highest BCUT2D eigenvalue weighted by atomic mass is 35.5. The summed E-state index contributed by atoms with van der Waals surface area (Å²) in [7, 11) is 4.08. The molecule has 0 saturated carbocycles. The Hall–Kier alpha value is -1.96. The molecular formula is C20H28ClN5OS. The van der Waals surface area contributed by atoms with Gasteiger partial charge in [-0.2, -0.15) is 5.10 Å². The fourth-order valence-corrected chi connectivity index (χ4v) is 3.93. The SMILES string of the molecule is Cc1ccc2nc(N(CCCN(C)C)C(=O)c3ccn(C(C)C)n3)sc2c1.Cl. The molecule has 1 aromatic carbocycles. The highest BCUT2D eigenvalue weighted by Gasteiger charge is 2.23. The minimum absolute atomic E-state index is 0. The van der Waals surface area contributed by atoms with E-state index in [1.165, 1.54) is 5.56 Å². The number of hydrogen-bond donors (Lipinski definition) is 0. The number of aryl methyl sites for hydroxylation is 1. The van der Waals surface area contributed by atoms with Crippen LogP contribution in [0, 0.1) is 6.92 Å². The van der Waals surface area contributed by atoms with E-state index < -0.39 is 0 Å². The fourth-order valence-electron chi connectivity index (χ4n) is 2.84. The molecule has 0 atom stereocenters. The molecule has 0 aliphatic rings. The maximum Gasteiger partial charge on any atom is 0.280 e. The normalized spacial score (nSPS) is 11.2. The molecule has 3 rings (SSSR count). The van der Waals surface area contributed by atoms with Crippen LogP contribution in [0.1, 0.15) is 42.4 Å². The Kier molecular flexibility index (Phi) is 7.57. The van der Waals surface area contributed by atoms with Gasteiger partial charge >= 0.3 is 0 Å². The Bertz CT molecular complexity index is 934. The number of hydrogen-bond acceptors (Lipinski definition) is 5. The van der Waals surface area contributed by atoms with Crippen molar-refractivity contribution < 1.29 is 4.79 Å². The molecule has 0 saturated heterocycles. The molecule has 28 heavy (non-hydrogen) atoms. The monoisotopic (exact) mass is 421 g/mol. The van der Waals surface area contributed by atoms with E-state index in [0.29, 0.717) is 12.2 Å². The largest absolute Gasteiger partial charge is 0.309 e. The first-order chi connectivity index (χ1) is 12.8. The standard InChI is InChI=1S/C20H27N5OS.ClH/c1-14(2)25-12-9-17(22-25)19(26)24(11-6-10-23(4)5)20-21-16-8-7-15(3)13-18(16)27-20;/h7-9,12-14H,6,10-11H2,1-5H3;1H. The number of halogens is 1. The van der Waals surface area contributed by atoms with Gasteiger partial charge < -0.3 is 4.90 Å². The van der Waals surface area contributed by atoms with Crippen LogP contribution in [0.15, 0.2) is 30.5 Å². The molecule has 0 unspecified atom stereocenters. The molecule has 152 valence electrons. The van der Waals surface area contributed by atoms with Crippen molar-refractivity contribution >= 4 is 45.0 Å². The number of anilines is 1. The molecule has 0 radical (unpaired) electrons. The summed E-state index contributed by atoms with van der Waals surface area (Å²) >= 11 is 1.56. The smallest absolute Gasteiger partial charge is 0.280 e. The predicted octanol–water partition coefficient (Wildman–Crippen LogP) is 4.40. The molecule has 0 aliphatic heterocycles. The summed E-state index contributed by atoms with van der Waals surface area (Å²) in [4.78, 5) is 21.8. The first-order valence-electron chi connectivity index (χ1n) is 9.24. The van der Waals surface area contributed by atoms with Gasteiger partial charge in [0.15, 0.2) is 10.8 Å². The lowest BCUT2D eigenvalue weighted by molar-refractivity contribution is 0.0980. The highest BCUT2D eigenvalue weighted by molar-refractivity contribution is 7.22. The van der Waals surface area contributed by atoms with E-state index in [9.17, 15) is 4.79 Å². The average Bonchev–Trinajstić information content (AvgIpc) is 3.24. The van der Waals surface area contributed by atoms with Crippen LogP contribution in [0.4, 0.5) is 5.13 Å². The summed E-state index contributed by atoms with van der Waals surface area (Å²) in [5, 5.41) is 5.19. The topological polar surface area (TPSA) is 54.3 Å². The molecule has 0 fully saturated rings. The van der Waals surface area contributed by atoms with Crippen LogP contribution >= 0.6 is 23.7 Å². The third-order valence-corrected chi connectivity index (χ3v) is 5.39. The molecule has 2 aromatic heterocycles. The van der Waals surface area contributed by atoms with Crippen LogP contribution in [0.2, 0.25) is 0 Å². The van der Waals surface area contributed by atoms with Crippen molar-refractivity contribution in [2.45, 2.75) is 33.2 Å². The second-order valence-corrected chi connectivity index (χ2v) is 8.37. The lowest BCUT2D eigenvalue weighted by atomic mass is 10.2. The van der Waals surface area contributed by atoms with Crippen molar-refractivity contribution in [3.8, 4) is 0 Å². The molecule has 3 aromatic rings. The first-order valence-corrected chi connectivity index (χ1v) is 10.1. The number of fused-ring (bicyclic) bond motifs is 1. The zero-order valence-corrected chi connectivity index (χ0v) is 18.7. The lowest BCUT2D eigenvalue weighted by Gasteiger charge is -2.20. The molecule has 0 aliphatic carbocycles. The van der Waals surface area contributed by atoms with Gasteiger partial charge in [-0.25, -0.2) is 4.98 Å². The van der Waals surface area contributed by atoms with Gasteiger partial charge in [-0.3, -0.25) is 14.4 Å². The van der Waals surface area contributed by atoms with Crippen LogP contribution in [-0.4, -0.2) is 52.8 Å². The minimum atomic E-state index is -0.0936. The van der Waals surface area contributed by atoms with E-state index >= 15 is 0 Å². The van der Waals surface area contributed by atoms with E-state index in [2.05, 4.69) is 23.0 Å². The van der Waals surface area contributed by atoms with Gasteiger partial charge in [-0.15, -0.1) is 12.4 Å². The molecule has 0 bridgehead atoms. The summed E-state index contributed by atoms with van der Waals surface area (Å²) in [6, 6.07) is 8.19. The molecule has 0 spiro atoms. The van der Waals surface area contributed by atoms with Gasteiger partial charge in [0.25, 0.3) is 5.91 Å². The molecule has 8 heteroatoms. The number of carbonyl (C=O) groups is 1. The van der Waals surface area contributed by atoms with E-state index in [1.807, 2.05) is 51.0 Å². The summed E-state index contributed by atoms with van der Waals surface area (Å²) in [6.07, 6.45) is 2.73. The lowest BCUT2D eigenvalue weighted by Crippen LogP contribution is -2.33. The molecular weight excluding hydrogens is 394 g/mol. The van der Waals surface area contributed by atoms with Gasteiger partial charge in [0.05, 0.1) is 10.2 Å². The molecule has 2 heterocycles. The molecule has 6 nitrogen and oxygen atoms in total. The molecule has 0 N–H and O–H groups in total. The Balaban J connectivity index is 0.00000280. The Labute approximate surface area is 176 Å². The van der Waals surface area contributed by atoms with Gasteiger partial charge in [0, 0.05) is 18.8 Å². The highest BCUT2D eigenvalue weighted by Crippen LogP contribution is 2.30. The Morgan fingerprint density at radius 1 is 1.21 bits per heavy atom. The second-order valence-electron chi connectivity index (χ2n) is 7.36. The van der Waals surface area contributed by atoms with Crippen LogP contribution in [0.3, 0.4) is 0 Å². The van der Waals surface area contributed by atoms with Crippen molar-refractivity contribution in [2.75, 3.05) is 32.1 Å². The van der Waals surface area contributed by atoms with Crippen molar-refractivity contribution in [2.24, 2.45) is 0 Å². The minimum Gasteiger partial charge on any atom is -0.309 e. The van der Waals surface area contributed by atoms with Gasteiger partial charge in [0.1, 0.15) is 0 Å². The van der Waals surface area contributed by atoms with Crippen LogP contribution in [0.5, 0.6) is 0 Å². The first kappa shape index (κ1) is 22.3. The zero-order chi connectivity index (χ0) is 19.6. The summed E-state index contributed by atoms with van der Waals surface area (Å²) in [6.45, 7) is 7.69. The zero-order valence-electron chi connectivity index (χ0n) is 17.0. The summed E-state index contributed by atoms with van der Waals surface area (Å²) in [5.41, 5.74) is 2.58. The van der Waals surface area contributed by atoms with E-state index in [1.54, 1.807) is 22.3 Å². The summed E-state index contributed by atoms with van der Waals surface area (Å²) in [5.74, 6) is -0.0936. The fraction of sp³-hybridized carbons (Fsp3) is 0.450. The van der Waals surface area contributed by atoms with Gasteiger partial charge in [-0.1, -0.05) is 17.4 Å². The summed E-state index contributed by atoms with van der Waals surface area (Å²) < 4.78 is 2.91. The molecule has 1 amide bonds. The van der Waals surface area contributed by atoms with E-state index in [0.717, 1.165) is 28.3 Å². The van der Waals surface area contributed by atoms with Crippen LogP contribution in [-0.2, 0) is 0 Å². The number of thiazole rings is 1. The maximum absolute atomic E-state index is 13.2.